The van der Waals surface area contributed by atoms with Crippen LogP contribution < -0.4 is 0 Å². The molecule has 2 aromatic rings. The quantitative estimate of drug-likeness (QED) is 0.762. The molecular formula is C22H37ClN4O. The topological polar surface area (TPSA) is 55.9 Å². The van der Waals surface area contributed by atoms with Crippen molar-refractivity contribution < 1.29 is 5.11 Å². The second-order valence-electron chi connectivity index (χ2n) is 10.7. The monoisotopic (exact) mass is 408 g/mol. The zero-order valence-corrected chi connectivity index (χ0v) is 19.9. The Morgan fingerprint density at radius 2 is 1.61 bits per heavy atom. The summed E-state index contributed by atoms with van der Waals surface area (Å²) in [5.41, 5.74) is 4.31. The molecule has 0 saturated carbocycles. The second kappa shape index (κ2) is 7.49. The molecule has 0 amide bonds. The van der Waals surface area contributed by atoms with E-state index in [9.17, 15) is 5.11 Å². The lowest BCUT2D eigenvalue weighted by atomic mass is 9.75. The molecule has 1 unspecified atom stereocenters. The van der Waals surface area contributed by atoms with Crippen molar-refractivity contribution in [1.82, 2.24) is 19.6 Å². The molecule has 0 fully saturated rings. The number of hydrogen-bond donors (Lipinski definition) is 1. The molecule has 1 N–H and O–H groups in total. The summed E-state index contributed by atoms with van der Waals surface area (Å²) in [7, 11) is 2.04. The molecule has 0 aliphatic heterocycles. The molecule has 158 valence electrons. The van der Waals surface area contributed by atoms with E-state index < -0.39 is 0 Å². The average Bonchev–Trinajstić information content (AvgIpc) is 3.05. The zero-order valence-electron chi connectivity index (χ0n) is 19.2. The van der Waals surface area contributed by atoms with E-state index in [0.29, 0.717) is 5.02 Å². The van der Waals surface area contributed by atoms with Gasteiger partial charge in [0.1, 0.15) is 0 Å². The van der Waals surface area contributed by atoms with Gasteiger partial charge in [0.15, 0.2) is 0 Å². The normalized spacial score (nSPS) is 14.6. The number of aliphatic hydroxyl groups is 1. The third kappa shape index (κ3) is 4.30. The minimum Gasteiger partial charge on any atom is -0.394 e. The van der Waals surface area contributed by atoms with Crippen LogP contribution in [0, 0.1) is 0 Å². The highest BCUT2D eigenvalue weighted by Gasteiger charge is 2.37. The third-order valence-electron chi connectivity index (χ3n) is 5.26. The molecule has 0 spiro atoms. The van der Waals surface area contributed by atoms with E-state index in [4.69, 9.17) is 16.7 Å². The first-order chi connectivity index (χ1) is 12.6. The Labute approximate surface area is 175 Å². The summed E-state index contributed by atoms with van der Waals surface area (Å²) in [6, 6.07) is -0.127. The molecule has 1 atom stereocenters. The largest absolute Gasteiger partial charge is 0.394 e. The van der Waals surface area contributed by atoms with E-state index >= 15 is 0 Å². The van der Waals surface area contributed by atoms with Crippen molar-refractivity contribution in [3.05, 3.63) is 33.9 Å². The predicted octanol–water partition coefficient (Wildman–Crippen LogP) is 4.94. The molecule has 28 heavy (non-hydrogen) atoms. The lowest BCUT2D eigenvalue weighted by molar-refractivity contribution is 0.222. The van der Waals surface area contributed by atoms with Crippen LogP contribution in [0.1, 0.15) is 91.0 Å². The molecular weight excluding hydrogens is 372 g/mol. The maximum Gasteiger partial charge on any atom is 0.0823 e. The highest BCUT2D eigenvalue weighted by atomic mass is 35.5. The Bertz CT molecular complexity index is 834. The van der Waals surface area contributed by atoms with E-state index in [1.54, 1.807) is 6.20 Å². The number of aryl methyl sites for hydroxylation is 1. The predicted molar refractivity (Wildman–Crippen MR) is 116 cm³/mol. The van der Waals surface area contributed by atoms with Gasteiger partial charge in [-0.05, 0) is 12.3 Å². The maximum absolute atomic E-state index is 9.64. The molecule has 0 aliphatic rings. The third-order valence-corrected chi connectivity index (χ3v) is 5.54. The number of aromatic nitrogens is 4. The van der Waals surface area contributed by atoms with Crippen LogP contribution in [0.4, 0.5) is 0 Å². The van der Waals surface area contributed by atoms with E-state index in [1.165, 1.54) is 11.3 Å². The van der Waals surface area contributed by atoms with Gasteiger partial charge in [-0.15, -0.1) is 0 Å². The lowest BCUT2D eigenvalue weighted by Crippen LogP contribution is -2.29. The summed E-state index contributed by atoms with van der Waals surface area (Å²) in [5, 5.41) is 19.7. The van der Waals surface area contributed by atoms with Gasteiger partial charge in [-0.2, -0.15) is 10.2 Å². The van der Waals surface area contributed by atoms with Crippen molar-refractivity contribution in [3.8, 4) is 0 Å². The Balaban J connectivity index is 2.62. The van der Waals surface area contributed by atoms with E-state index in [-0.39, 0.29) is 28.9 Å². The van der Waals surface area contributed by atoms with Gasteiger partial charge in [0.05, 0.1) is 35.3 Å². The van der Waals surface area contributed by atoms with Gasteiger partial charge in [0.2, 0.25) is 0 Å². The Kier molecular flexibility index (Phi) is 6.14. The first-order valence-electron chi connectivity index (χ1n) is 10.0. The molecule has 6 heteroatoms. The van der Waals surface area contributed by atoms with Crippen molar-refractivity contribution in [2.24, 2.45) is 7.05 Å². The summed E-state index contributed by atoms with van der Waals surface area (Å²) < 4.78 is 3.90. The zero-order chi connectivity index (χ0) is 21.7. The van der Waals surface area contributed by atoms with Crippen molar-refractivity contribution in [1.29, 1.82) is 0 Å². The van der Waals surface area contributed by atoms with Gasteiger partial charge in [-0.25, -0.2) is 0 Å². The number of aliphatic hydroxyl groups excluding tert-OH is 1. The molecule has 0 radical (unpaired) electrons. The van der Waals surface area contributed by atoms with Crippen LogP contribution in [0.2, 0.25) is 5.02 Å². The van der Waals surface area contributed by atoms with E-state index in [1.807, 2.05) is 23.3 Å². The van der Waals surface area contributed by atoms with Crippen molar-refractivity contribution in [2.45, 2.75) is 91.0 Å². The van der Waals surface area contributed by atoms with E-state index in [0.717, 1.165) is 17.8 Å². The standard InChI is InChI=1S/C22H37ClN4O/c1-14(13-28)27-18(15(23)12-24-27)22(8,9)11-16-17(20(2,3)4)19(21(5,6)7)26(10)25-16/h12,14,28H,11,13H2,1-10H3. The molecule has 2 aromatic heterocycles. The van der Waals surface area contributed by atoms with Gasteiger partial charge in [0, 0.05) is 35.6 Å². The fraction of sp³-hybridized carbons (Fsp3) is 0.727. The molecule has 2 rings (SSSR count). The number of hydrogen-bond acceptors (Lipinski definition) is 3. The van der Waals surface area contributed by atoms with E-state index in [2.05, 4.69) is 60.5 Å². The van der Waals surface area contributed by atoms with Crippen molar-refractivity contribution >= 4 is 11.6 Å². The van der Waals surface area contributed by atoms with Gasteiger partial charge >= 0.3 is 0 Å². The van der Waals surface area contributed by atoms with Gasteiger partial charge in [-0.3, -0.25) is 9.36 Å². The van der Waals surface area contributed by atoms with Gasteiger partial charge in [0.25, 0.3) is 0 Å². The first-order valence-corrected chi connectivity index (χ1v) is 10.4. The summed E-state index contributed by atoms with van der Waals surface area (Å²) in [6.45, 7) is 19.8. The highest BCUT2D eigenvalue weighted by Crippen LogP contribution is 2.40. The Morgan fingerprint density at radius 1 is 1.04 bits per heavy atom. The van der Waals surface area contributed by atoms with Gasteiger partial charge < -0.3 is 5.11 Å². The number of halogens is 1. The summed E-state index contributed by atoms with van der Waals surface area (Å²) in [5.74, 6) is 0. The van der Waals surface area contributed by atoms with Crippen LogP contribution in [0.25, 0.3) is 0 Å². The maximum atomic E-state index is 9.64. The molecule has 0 aliphatic carbocycles. The van der Waals surface area contributed by atoms with Gasteiger partial charge in [-0.1, -0.05) is 67.0 Å². The minimum atomic E-state index is -0.291. The second-order valence-corrected chi connectivity index (χ2v) is 11.1. The SMILES string of the molecule is CC(CO)n1ncc(Cl)c1C(C)(C)Cc1nn(C)c(C(C)(C)C)c1C(C)(C)C. The smallest absolute Gasteiger partial charge is 0.0823 e. The minimum absolute atomic E-state index is 0.00240. The first kappa shape index (κ1) is 23.0. The van der Waals surface area contributed by atoms with Crippen molar-refractivity contribution in [2.75, 3.05) is 6.61 Å². The molecule has 2 heterocycles. The van der Waals surface area contributed by atoms with Crippen LogP contribution in [-0.2, 0) is 29.7 Å². The van der Waals surface area contributed by atoms with Crippen LogP contribution >= 0.6 is 11.6 Å². The lowest BCUT2D eigenvalue weighted by Gasteiger charge is -2.31. The highest BCUT2D eigenvalue weighted by molar-refractivity contribution is 6.31. The summed E-state index contributed by atoms with van der Waals surface area (Å²) >= 11 is 6.54. The summed E-state index contributed by atoms with van der Waals surface area (Å²) in [6.07, 6.45) is 2.42. The fourth-order valence-electron chi connectivity index (χ4n) is 4.24. The van der Waals surface area contributed by atoms with Crippen LogP contribution in [-0.4, -0.2) is 31.3 Å². The fourth-order valence-corrected chi connectivity index (χ4v) is 4.63. The van der Waals surface area contributed by atoms with Crippen LogP contribution in [0.15, 0.2) is 6.20 Å². The average molecular weight is 409 g/mol. The molecule has 0 saturated heterocycles. The van der Waals surface area contributed by atoms with Crippen molar-refractivity contribution in [3.63, 3.8) is 0 Å². The number of rotatable bonds is 5. The summed E-state index contributed by atoms with van der Waals surface area (Å²) in [4.78, 5) is 0. The molecule has 0 aromatic carbocycles. The molecule has 0 bridgehead atoms. The van der Waals surface area contributed by atoms with Crippen LogP contribution in [0.3, 0.4) is 0 Å². The number of nitrogens with zero attached hydrogens (tertiary/aromatic N) is 4. The Morgan fingerprint density at radius 3 is 2.07 bits per heavy atom. The molecule has 5 nitrogen and oxygen atoms in total. The Hall–Kier alpha value is -1.33. The van der Waals surface area contributed by atoms with Crippen LogP contribution in [0.5, 0.6) is 0 Å².